The summed E-state index contributed by atoms with van der Waals surface area (Å²) < 4.78 is 26.4. The summed E-state index contributed by atoms with van der Waals surface area (Å²) in [6, 6.07) is 10.1. The molecule has 0 spiro atoms. The minimum atomic E-state index is -0.914. The quantitative estimate of drug-likeness (QED) is 0.846. The first-order valence-corrected chi connectivity index (χ1v) is 8.67. The molecule has 0 radical (unpaired) electrons. The minimum Gasteiger partial charge on any atom is -0.341 e. The summed E-state index contributed by atoms with van der Waals surface area (Å²) in [5, 5.41) is 2.47. The SMILES string of the molecule is O=C(NCC#Cc1ccc(N2CCCCC2=O)cc1)c1ccc(F)cc1F. The lowest BCUT2D eigenvalue weighted by atomic mass is 10.1. The van der Waals surface area contributed by atoms with E-state index in [2.05, 4.69) is 17.2 Å². The number of nitrogens with one attached hydrogen (secondary N) is 1. The lowest BCUT2D eigenvalue weighted by molar-refractivity contribution is -0.119. The van der Waals surface area contributed by atoms with E-state index in [0.29, 0.717) is 12.5 Å². The molecule has 2 amide bonds. The second-order valence-electron chi connectivity index (χ2n) is 6.16. The normalized spacial score (nSPS) is 13.7. The lowest BCUT2D eigenvalue weighted by Crippen LogP contribution is -2.35. The predicted molar refractivity (Wildman–Crippen MR) is 98.2 cm³/mol. The fraction of sp³-hybridized carbons (Fsp3) is 0.238. The zero-order valence-corrected chi connectivity index (χ0v) is 14.6. The van der Waals surface area contributed by atoms with Gasteiger partial charge < -0.3 is 10.2 Å². The number of anilines is 1. The van der Waals surface area contributed by atoms with Crippen LogP contribution < -0.4 is 10.2 Å². The molecule has 1 saturated heterocycles. The molecule has 0 aliphatic carbocycles. The third kappa shape index (κ3) is 4.70. The highest BCUT2D eigenvalue weighted by atomic mass is 19.1. The summed E-state index contributed by atoms with van der Waals surface area (Å²) in [6.07, 6.45) is 2.52. The molecule has 0 unspecified atom stereocenters. The van der Waals surface area contributed by atoms with Gasteiger partial charge in [-0.05, 0) is 49.2 Å². The molecule has 1 fully saturated rings. The van der Waals surface area contributed by atoms with Crippen molar-refractivity contribution in [2.75, 3.05) is 18.0 Å². The van der Waals surface area contributed by atoms with E-state index in [4.69, 9.17) is 0 Å². The largest absolute Gasteiger partial charge is 0.341 e. The Hall–Kier alpha value is -3.20. The molecule has 3 rings (SSSR count). The third-order valence-corrected chi connectivity index (χ3v) is 4.25. The molecule has 2 aromatic rings. The second-order valence-corrected chi connectivity index (χ2v) is 6.16. The molecule has 1 heterocycles. The van der Waals surface area contributed by atoms with E-state index in [-0.39, 0.29) is 18.0 Å². The summed E-state index contributed by atoms with van der Waals surface area (Å²) >= 11 is 0. The average molecular weight is 368 g/mol. The van der Waals surface area contributed by atoms with Crippen molar-refractivity contribution in [2.45, 2.75) is 19.3 Å². The Morgan fingerprint density at radius 1 is 1.11 bits per heavy atom. The Morgan fingerprint density at radius 3 is 2.59 bits per heavy atom. The highest BCUT2D eigenvalue weighted by molar-refractivity contribution is 5.95. The molecule has 0 bridgehead atoms. The third-order valence-electron chi connectivity index (χ3n) is 4.25. The van der Waals surface area contributed by atoms with Crippen LogP contribution >= 0.6 is 0 Å². The highest BCUT2D eigenvalue weighted by Gasteiger charge is 2.19. The summed E-state index contributed by atoms with van der Waals surface area (Å²) in [6.45, 7) is 0.762. The number of amides is 2. The molecule has 2 aromatic carbocycles. The summed E-state index contributed by atoms with van der Waals surface area (Å²) in [7, 11) is 0. The van der Waals surface area contributed by atoms with E-state index in [1.54, 1.807) is 4.90 Å². The van der Waals surface area contributed by atoms with Gasteiger partial charge in [-0.3, -0.25) is 9.59 Å². The molecule has 1 aliphatic heterocycles. The Kier molecular flexibility index (Phi) is 5.82. The molecular formula is C21H18F2N2O2. The van der Waals surface area contributed by atoms with E-state index >= 15 is 0 Å². The predicted octanol–water partition coefficient (Wildman–Crippen LogP) is 3.26. The van der Waals surface area contributed by atoms with Gasteiger partial charge in [0.15, 0.2) is 0 Å². The van der Waals surface area contributed by atoms with E-state index in [9.17, 15) is 18.4 Å². The molecule has 0 atom stereocenters. The number of hydrogen-bond donors (Lipinski definition) is 1. The molecule has 1 N–H and O–H groups in total. The zero-order valence-electron chi connectivity index (χ0n) is 14.6. The lowest BCUT2D eigenvalue weighted by Gasteiger charge is -2.26. The Balaban J connectivity index is 1.56. The number of benzene rings is 2. The first-order valence-electron chi connectivity index (χ1n) is 8.67. The van der Waals surface area contributed by atoms with Crippen LogP contribution in [0.4, 0.5) is 14.5 Å². The van der Waals surface area contributed by atoms with Crippen LogP contribution in [-0.2, 0) is 4.79 Å². The topological polar surface area (TPSA) is 49.4 Å². The number of carbonyl (C=O) groups excluding carboxylic acids is 2. The van der Waals surface area contributed by atoms with Gasteiger partial charge in [-0.25, -0.2) is 8.78 Å². The van der Waals surface area contributed by atoms with Gasteiger partial charge in [0.1, 0.15) is 11.6 Å². The molecule has 138 valence electrons. The second kappa shape index (κ2) is 8.45. The van der Waals surface area contributed by atoms with Gasteiger partial charge >= 0.3 is 0 Å². The van der Waals surface area contributed by atoms with Gasteiger partial charge in [0, 0.05) is 30.3 Å². The van der Waals surface area contributed by atoms with Crippen LogP contribution in [0.2, 0.25) is 0 Å². The van der Waals surface area contributed by atoms with Crippen molar-refractivity contribution in [3.63, 3.8) is 0 Å². The van der Waals surface area contributed by atoms with Crippen LogP contribution in [0.25, 0.3) is 0 Å². The maximum Gasteiger partial charge on any atom is 0.255 e. The molecule has 27 heavy (non-hydrogen) atoms. The van der Waals surface area contributed by atoms with Crippen molar-refractivity contribution >= 4 is 17.5 Å². The fourth-order valence-electron chi connectivity index (χ4n) is 2.84. The Morgan fingerprint density at radius 2 is 1.89 bits per heavy atom. The number of rotatable bonds is 3. The first kappa shape index (κ1) is 18.6. The van der Waals surface area contributed by atoms with Crippen molar-refractivity contribution < 1.29 is 18.4 Å². The number of piperidine rings is 1. The van der Waals surface area contributed by atoms with Crippen molar-refractivity contribution in [1.82, 2.24) is 5.32 Å². The van der Waals surface area contributed by atoms with Gasteiger partial charge in [0.25, 0.3) is 5.91 Å². The van der Waals surface area contributed by atoms with Gasteiger partial charge in [-0.15, -0.1) is 0 Å². The molecule has 0 aromatic heterocycles. The van der Waals surface area contributed by atoms with Crippen LogP contribution in [0.5, 0.6) is 0 Å². The van der Waals surface area contributed by atoms with Crippen molar-refractivity contribution in [1.29, 1.82) is 0 Å². The maximum absolute atomic E-state index is 13.5. The van der Waals surface area contributed by atoms with E-state index < -0.39 is 17.5 Å². The average Bonchev–Trinajstić information content (AvgIpc) is 2.66. The van der Waals surface area contributed by atoms with Crippen molar-refractivity contribution in [3.8, 4) is 11.8 Å². The number of hydrogen-bond acceptors (Lipinski definition) is 2. The molecule has 4 nitrogen and oxygen atoms in total. The summed E-state index contributed by atoms with van der Waals surface area (Å²) in [5.41, 5.74) is 1.37. The van der Waals surface area contributed by atoms with E-state index in [1.807, 2.05) is 24.3 Å². The number of nitrogens with zero attached hydrogens (tertiary/aromatic N) is 1. The van der Waals surface area contributed by atoms with Gasteiger partial charge in [0.05, 0.1) is 12.1 Å². The van der Waals surface area contributed by atoms with Crippen molar-refractivity contribution in [3.05, 3.63) is 65.2 Å². The van der Waals surface area contributed by atoms with Crippen LogP contribution in [0.15, 0.2) is 42.5 Å². The Labute approximate surface area is 156 Å². The molecule has 0 saturated carbocycles. The number of halogens is 2. The van der Waals surface area contributed by atoms with E-state index in [1.165, 1.54) is 0 Å². The van der Waals surface area contributed by atoms with Gasteiger partial charge in [-0.1, -0.05) is 11.8 Å². The number of carbonyl (C=O) groups is 2. The zero-order chi connectivity index (χ0) is 19.2. The van der Waals surface area contributed by atoms with Crippen LogP contribution in [0.1, 0.15) is 35.2 Å². The van der Waals surface area contributed by atoms with Gasteiger partial charge in [-0.2, -0.15) is 0 Å². The Bertz CT molecular complexity index is 914. The summed E-state index contributed by atoms with van der Waals surface area (Å²) in [5.74, 6) is 3.51. The minimum absolute atomic E-state index is 0.0298. The van der Waals surface area contributed by atoms with Crippen molar-refractivity contribution in [2.24, 2.45) is 0 Å². The van der Waals surface area contributed by atoms with Crippen LogP contribution in [-0.4, -0.2) is 24.9 Å². The van der Waals surface area contributed by atoms with E-state index in [0.717, 1.165) is 42.8 Å². The molecule has 1 aliphatic rings. The maximum atomic E-state index is 13.5. The molecule has 6 heteroatoms. The van der Waals surface area contributed by atoms with Crippen LogP contribution in [0.3, 0.4) is 0 Å². The molecular weight excluding hydrogens is 350 g/mol. The standard InChI is InChI=1S/C21H18F2N2O2/c22-16-8-11-18(19(23)14-16)21(27)24-12-3-4-15-6-9-17(10-7-15)25-13-2-1-5-20(25)26/h6-11,14H,1-2,5,12-13H2,(H,24,27). The van der Waals surface area contributed by atoms with Gasteiger partial charge in [0.2, 0.25) is 5.91 Å². The summed E-state index contributed by atoms with van der Waals surface area (Å²) in [4.78, 5) is 25.6. The monoisotopic (exact) mass is 368 g/mol. The van der Waals surface area contributed by atoms with Crippen LogP contribution in [0, 0.1) is 23.5 Å². The highest BCUT2D eigenvalue weighted by Crippen LogP contribution is 2.21. The smallest absolute Gasteiger partial charge is 0.255 e. The fourth-order valence-corrected chi connectivity index (χ4v) is 2.84. The first-order chi connectivity index (χ1) is 13.0.